The third kappa shape index (κ3) is 2.12. The van der Waals surface area contributed by atoms with Crippen molar-refractivity contribution in [2.45, 2.75) is 0 Å². The third-order valence-electron chi connectivity index (χ3n) is 1.93. The third-order valence-corrected chi connectivity index (χ3v) is 3.11. The molecule has 1 aromatic carbocycles. The fourth-order valence-corrected chi connectivity index (χ4v) is 2.00. The maximum Gasteiger partial charge on any atom is 0.270 e. The average Bonchev–Trinajstić information content (AvgIpc) is 2.62. The summed E-state index contributed by atoms with van der Waals surface area (Å²) in [6.07, 6.45) is 0. The highest BCUT2D eigenvalue weighted by atomic mass is 32.1. The van der Waals surface area contributed by atoms with Gasteiger partial charge in [-0.3, -0.25) is 10.2 Å². The molecular formula is C10H8N2O2S2. The minimum absolute atomic E-state index is 0.0701. The van der Waals surface area contributed by atoms with Crippen molar-refractivity contribution >= 4 is 29.5 Å². The molecule has 0 radical (unpaired) electrons. The standard InChI is InChI=1S/C10H8N2O2S2/c13-8-6-16-10(15)12(8)11-9(14)7-4-2-1-3-5-7/h1-6,13H,(H,11,14). The lowest BCUT2D eigenvalue weighted by Crippen LogP contribution is -2.22. The van der Waals surface area contributed by atoms with Gasteiger partial charge in [0, 0.05) is 5.56 Å². The van der Waals surface area contributed by atoms with Crippen LogP contribution in [0.15, 0.2) is 35.7 Å². The first-order valence-corrected chi connectivity index (χ1v) is 5.73. The molecule has 1 amide bonds. The second-order valence-electron chi connectivity index (χ2n) is 3.00. The summed E-state index contributed by atoms with van der Waals surface area (Å²) in [5, 5.41) is 10.9. The van der Waals surface area contributed by atoms with Gasteiger partial charge in [-0.1, -0.05) is 18.2 Å². The van der Waals surface area contributed by atoms with E-state index in [1.54, 1.807) is 24.3 Å². The zero-order valence-electron chi connectivity index (χ0n) is 8.08. The highest BCUT2D eigenvalue weighted by Gasteiger charge is 2.08. The van der Waals surface area contributed by atoms with Gasteiger partial charge in [-0.15, -0.1) is 11.3 Å². The van der Waals surface area contributed by atoms with Gasteiger partial charge in [-0.25, -0.2) is 0 Å². The van der Waals surface area contributed by atoms with Crippen molar-refractivity contribution in [2.75, 3.05) is 5.43 Å². The Morgan fingerprint density at radius 1 is 1.38 bits per heavy atom. The molecule has 2 rings (SSSR count). The second-order valence-corrected chi connectivity index (χ2v) is 4.51. The number of aromatic nitrogens is 1. The first-order valence-electron chi connectivity index (χ1n) is 4.44. The van der Waals surface area contributed by atoms with Crippen molar-refractivity contribution in [2.24, 2.45) is 0 Å². The van der Waals surface area contributed by atoms with Gasteiger partial charge in [-0.2, -0.15) is 4.68 Å². The maximum absolute atomic E-state index is 11.7. The van der Waals surface area contributed by atoms with Crippen molar-refractivity contribution in [1.82, 2.24) is 4.68 Å². The molecule has 0 bridgehead atoms. The van der Waals surface area contributed by atoms with Gasteiger partial charge < -0.3 is 5.11 Å². The zero-order chi connectivity index (χ0) is 11.5. The molecule has 6 heteroatoms. The van der Waals surface area contributed by atoms with E-state index in [0.29, 0.717) is 9.52 Å². The molecule has 82 valence electrons. The highest BCUT2D eigenvalue weighted by molar-refractivity contribution is 7.73. The average molecular weight is 252 g/mol. The number of amides is 1. The first kappa shape index (κ1) is 10.8. The number of hydrogen-bond donors (Lipinski definition) is 2. The van der Waals surface area contributed by atoms with Gasteiger partial charge in [0.15, 0.2) is 3.95 Å². The molecule has 0 fully saturated rings. The van der Waals surface area contributed by atoms with Gasteiger partial charge in [0.25, 0.3) is 5.91 Å². The number of nitrogens with zero attached hydrogens (tertiary/aromatic N) is 1. The molecule has 0 aliphatic carbocycles. The van der Waals surface area contributed by atoms with Crippen LogP contribution in [0.3, 0.4) is 0 Å². The van der Waals surface area contributed by atoms with Crippen LogP contribution in [0.1, 0.15) is 10.4 Å². The van der Waals surface area contributed by atoms with Gasteiger partial charge in [0.1, 0.15) is 0 Å². The predicted molar refractivity (Wildman–Crippen MR) is 64.9 cm³/mol. The second kappa shape index (κ2) is 4.46. The molecule has 0 saturated heterocycles. The fraction of sp³-hybridized carbons (Fsp3) is 0. The Balaban J connectivity index is 2.24. The monoisotopic (exact) mass is 252 g/mol. The number of hydrogen-bond acceptors (Lipinski definition) is 4. The van der Waals surface area contributed by atoms with E-state index in [-0.39, 0.29) is 11.8 Å². The molecule has 2 N–H and O–H groups in total. The van der Waals surface area contributed by atoms with Crippen LogP contribution >= 0.6 is 23.6 Å². The zero-order valence-corrected chi connectivity index (χ0v) is 9.72. The number of aromatic hydroxyl groups is 1. The quantitative estimate of drug-likeness (QED) is 0.807. The molecule has 0 aliphatic heterocycles. The highest BCUT2D eigenvalue weighted by Crippen LogP contribution is 2.15. The molecule has 1 aromatic heterocycles. The molecule has 0 atom stereocenters. The Labute approximate surface area is 101 Å². The summed E-state index contributed by atoms with van der Waals surface area (Å²) >= 11 is 6.13. The topological polar surface area (TPSA) is 54.3 Å². The van der Waals surface area contributed by atoms with E-state index >= 15 is 0 Å². The molecule has 16 heavy (non-hydrogen) atoms. The lowest BCUT2D eigenvalue weighted by Gasteiger charge is -2.06. The van der Waals surface area contributed by atoms with Crippen LogP contribution in [0.25, 0.3) is 0 Å². The summed E-state index contributed by atoms with van der Waals surface area (Å²) in [6, 6.07) is 8.72. The van der Waals surface area contributed by atoms with Crippen LogP contribution in [0.4, 0.5) is 0 Å². The van der Waals surface area contributed by atoms with E-state index in [4.69, 9.17) is 12.2 Å². The molecular weight excluding hydrogens is 244 g/mol. The van der Waals surface area contributed by atoms with Crippen LogP contribution in [-0.4, -0.2) is 15.7 Å². The number of rotatable bonds is 2. The van der Waals surface area contributed by atoms with Crippen molar-refractivity contribution in [3.8, 4) is 5.88 Å². The van der Waals surface area contributed by atoms with E-state index in [1.807, 2.05) is 6.07 Å². The van der Waals surface area contributed by atoms with Gasteiger partial charge in [0.2, 0.25) is 5.88 Å². The lowest BCUT2D eigenvalue weighted by atomic mass is 10.2. The van der Waals surface area contributed by atoms with Gasteiger partial charge in [-0.05, 0) is 24.4 Å². The van der Waals surface area contributed by atoms with E-state index in [2.05, 4.69) is 5.43 Å². The number of nitrogens with one attached hydrogen (secondary N) is 1. The molecule has 4 nitrogen and oxygen atoms in total. The minimum Gasteiger partial charge on any atom is -0.493 e. The Bertz CT molecular complexity index is 560. The smallest absolute Gasteiger partial charge is 0.270 e. The van der Waals surface area contributed by atoms with Crippen molar-refractivity contribution in [3.05, 3.63) is 45.2 Å². The van der Waals surface area contributed by atoms with Crippen molar-refractivity contribution in [1.29, 1.82) is 0 Å². The van der Waals surface area contributed by atoms with Gasteiger partial charge in [0.05, 0.1) is 5.38 Å². The van der Waals surface area contributed by atoms with Crippen LogP contribution in [-0.2, 0) is 0 Å². The van der Waals surface area contributed by atoms with Crippen LogP contribution in [0, 0.1) is 3.95 Å². The Hall–Kier alpha value is -1.66. The van der Waals surface area contributed by atoms with Crippen LogP contribution in [0.5, 0.6) is 5.88 Å². The SMILES string of the molecule is O=C(Nn1c(O)csc1=S)c1ccccc1. The summed E-state index contributed by atoms with van der Waals surface area (Å²) in [4.78, 5) is 11.7. The largest absolute Gasteiger partial charge is 0.493 e. The first-order chi connectivity index (χ1) is 7.68. The molecule has 0 saturated carbocycles. The Morgan fingerprint density at radius 3 is 2.62 bits per heavy atom. The lowest BCUT2D eigenvalue weighted by molar-refractivity contribution is 0.101. The number of benzene rings is 1. The molecule has 2 aromatic rings. The van der Waals surface area contributed by atoms with Crippen molar-refractivity contribution in [3.63, 3.8) is 0 Å². The van der Waals surface area contributed by atoms with Crippen LogP contribution < -0.4 is 5.43 Å². The maximum atomic E-state index is 11.7. The summed E-state index contributed by atoms with van der Waals surface area (Å²) in [6.45, 7) is 0. The Kier molecular flexibility index (Phi) is 3.02. The van der Waals surface area contributed by atoms with E-state index in [9.17, 15) is 9.90 Å². The molecule has 0 aliphatic rings. The summed E-state index contributed by atoms with van der Waals surface area (Å²) < 4.78 is 1.57. The molecule has 0 unspecified atom stereocenters. The van der Waals surface area contributed by atoms with Crippen LogP contribution in [0.2, 0.25) is 0 Å². The van der Waals surface area contributed by atoms with Gasteiger partial charge >= 0.3 is 0 Å². The number of carbonyl (C=O) groups excluding carboxylic acids is 1. The minimum atomic E-state index is -0.314. The van der Waals surface area contributed by atoms with E-state index in [1.165, 1.54) is 21.4 Å². The normalized spacial score (nSPS) is 10.0. The fourth-order valence-electron chi connectivity index (χ4n) is 1.16. The molecule has 0 spiro atoms. The van der Waals surface area contributed by atoms with E-state index in [0.717, 1.165) is 0 Å². The number of carbonyl (C=O) groups is 1. The molecule has 1 heterocycles. The van der Waals surface area contributed by atoms with Crippen molar-refractivity contribution < 1.29 is 9.90 Å². The van der Waals surface area contributed by atoms with E-state index < -0.39 is 0 Å². The summed E-state index contributed by atoms with van der Waals surface area (Å²) in [7, 11) is 0. The Morgan fingerprint density at radius 2 is 2.06 bits per heavy atom. The predicted octanol–water partition coefficient (Wildman–Crippen LogP) is 2.37. The number of thiazole rings is 1. The summed E-state index contributed by atoms with van der Waals surface area (Å²) in [5.41, 5.74) is 3.02. The summed E-state index contributed by atoms with van der Waals surface area (Å²) in [5.74, 6) is -0.385.